The first-order chi connectivity index (χ1) is 34.5. The quantitative estimate of drug-likeness (QED) is 0.0361. The van der Waals surface area contributed by atoms with Crippen LogP contribution >= 0.6 is 0 Å². The van der Waals surface area contributed by atoms with Gasteiger partial charge in [0.15, 0.2) is 0 Å². The fourth-order valence-electron chi connectivity index (χ4n) is 9.80. The maximum atomic E-state index is 12.5. The summed E-state index contributed by atoms with van der Waals surface area (Å²) in [4.78, 5) is 12.5. The van der Waals surface area contributed by atoms with E-state index in [4.69, 9.17) is 0 Å². The Bertz CT molecular complexity index is 1130. The number of unbranched alkanes of at least 4 members (excludes halogenated alkanes) is 43. The summed E-state index contributed by atoms with van der Waals surface area (Å²) in [6.07, 6.45) is 80.5. The zero-order valence-corrected chi connectivity index (χ0v) is 47.2. The molecule has 0 saturated heterocycles. The molecule has 0 aliphatic rings. The molecular formula is C65H123NO4. The molecule has 412 valence electrons. The van der Waals surface area contributed by atoms with Gasteiger partial charge in [-0.25, -0.2) is 0 Å². The molecule has 0 heterocycles. The summed E-state index contributed by atoms with van der Waals surface area (Å²) in [6.45, 7) is 4.24. The van der Waals surface area contributed by atoms with Crippen LogP contribution in [-0.2, 0) is 4.79 Å². The number of hydrogen-bond acceptors (Lipinski definition) is 4. The lowest BCUT2D eigenvalue weighted by Crippen LogP contribution is -2.45. The largest absolute Gasteiger partial charge is 0.394 e. The van der Waals surface area contributed by atoms with E-state index in [1.54, 1.807) is 6.08 Å². The van der Waals surface area contributed by atoms with Gasteiger partial charge in [-0.2, -0.15) is 0 Å². The van der Waals surface area contributed by atoms with Crippen molar-refractivity contribution in [1.82, 2.24) is 5.32 Å². The van der Waals surface area contributed by atoms with E-state index in [0.29, 0.717) is 6.42 Å². The second-order valence-electron chi connectivity index (χ2n) is 21.7. The van der Waals surface area contributed by atoms with Crippen molar-refractivity contribution >= 4 is 5.91 Å². The van der Waals surface area contributed by atoms with Crippen LogP contribution in [0.3, 0.4) is 0 Å². The van der Waals surface area contributed by atoms with Crippen molar-refractivity contribution in [3.63, 3.8) is 0 Å². The summed E-state index contributed by atoms with van der Waals surface area (Å²) in [5.41, 5.74) is 0. The number of carbonyl (C=O) groups is 1. The molecule has 0 fully saturated rings. The van der Waals surface area contributed by atoms with Crippen LogP contribution in [0.5, 0.6) is 0 Å². The van der Waals surface area contributed by atoms with E-state index in [1.807, 2.05) is 6.08 Å². The maximum Gasteiger partial charge on any atom is 0.222 e. The molecular weight excluding hydrogens is 859 g/mol. The number of rotatable bonds is 58. The number of amides is 1. The van der Waals surface area contributed by atoms with Crippen molar-refractivity contribution in [2.24, 2.45) is 0 Å². The zero-order chi connectivity index (χ0) is 50.7. The van der Waals surface area contributed by atoms with Gasteiger partial charge in [-0.1, -0.05) is 313 Å². The molecule has 5 nitrogen and oxygen atoms in total. The van der Waals surface area contributed by atoms with Crippen molar-refractivity contribution in [3.05, 3.63) is 48.6 Å². The Morgan fingerprint density at radius 3 is 1.00 bits per heavy atom. The summed E-state index contributed by atoms with van der Waals surface area (Å²) >= 11 is 0. The predicted molar refractivity (Wildman–Crippen MR) is 310 cm³/mol. The normalized spacial score (nSPS) is 13.5. The fraction of sp³-hybridized carbons (Fsp3) is 0.862. The van der Waals surface area contributed by atoms with Crippen LogP contribution in [0.25, 0.3) is 0 Å². The number of nitrogens with one attached hydrogen (secondary N) is 1. The Morgan fingerprint density at radius 1 is 0.371 bits per heavy atom. The molecule has 0 aromatic rings. The third-order valence-electron chi connectivity index (χ3n) is 14.6. The topological polar surface area (TPSA) is 89.8 Å². The van der Waals surface area contributed by atoms with Gasteiger partial charge in [-0.15, -0.1) is 0 Å². The van der Waals surface area contributed by atoms with E-state index in [9.17, 15) is 20.1 Å². The average molecular weight is 983 g/mol. The smallest absolute Gasteiger partial charge is 0.222 e. The van der Waals surface area contributed by atoms with Gasteiger partial charge in [0.2, 0.25) is 5.91 Å². The highest BCUT2D eigenvalue weighted by molar-refractivity contribution is 5.76. The average Bonchev–Trinajstić information content (AvgIpc) is 3.36. The van der Waals surface area contributed by atoms with Crippen LogP contribution in [0.15, 0.2) is 48.6 Å². The maximum absolute atomic E-state index is 12.5. The monoisotopic (exact) mass is 982 g/mol. The van der Waals surface area contributed by atoms with Gasteiger partial charge in [0, 0.05) is 0 Å². The molecule has 0 bridgehead atoms. The lowest BCUT2D eigenvalue weighted by Gasteiger charge is -2.21. The minimum Gasteiger partial charge on any atom is -0.394 e. The Morgan fingerprint density at radius 2 is 0.657 bits per heavy atom. The molecule has 0 aromatic carbocycles. The zero-order valence-electron chi connectivity index (χ0n) is 47.2. The molecule has 0 spiro atoms. The van der Waals surface area contributed by atoms with Gasteiger partial charge in [0.1, 0.15) is 0 Å². The second kappa shape index (κ2) is 59.9. The summed E-state index contributed by atoms with van der Waals surface area (Å²) in [7, 11) is 0. The third kappa shape index (κ3) is 55.6. The highest BCUT2D eigenvalue weighted by Crippen LogP contribution is 2.18. The Balaban J connectivity index is 3.55. The summed E-state index contributed by atoms with van der Waals surface area (Å²) in [5.74, 6) is -0.321. The van der Waals surface area contributed by atoms with Crippen molar-refractivity contribution < 1.29 is 20.1 Å². The molecule has 1 amide bonds. The van der Waals surface area contributed by atoms with Crippen molar-refractivity contribution in [1.29, 1.82) is 0 Å². The van der Waals surface area contributed by atoms with E-state index in [2.05, 4.69) is 55.6 Å². The minimum absolute atomic E-state index is 0.00648. The minimum atomic E-state index is -0.954. The highest BCUT2D eigenvalue weighted by Gasteiger charge is 2.20. The second-order valence-corrected chi connectivity index (χ2v) is 21.7. The van der Waals surface area contributed by atoms with Crippen molar-refractivity contribution in [3.8, 4) is 0 Å². The van der Waals surface area contributed by atoms with Gasteiger partial charge >= 0.3 is 0 Å². The van der Waals surface area contributed by atoms with E-state index in [1.165, 1.54) is 270 Å². The number of carbonyl (C=O) groups excluding carboxylic acids is 1. The molecule has 0 radical (unpaired) electrons. The van der Waals surface area contributed by atoms with Crippen LogP contribution in [0.4, 0.5) is 0 Å². The number of hydrogen-bond donors (Lipinski definition) is 4. The molecule has 70 heavy (non-hydrogen) atoms. The van der Waals surface area contributed by atoms with Crippen molar-refractivity contribution in [2.75, 3.05) is 6.61 Å². The first-order valence-electron chi connectivity index (χ1n) is 31.4. The molecule has 5 heteroatoms. The van der Waals surface area contributed by atoms with Crippen LogP contribution < -0.4 is 5.32 Å². The lowest BCUT2D eigenvalue weighted by atomic mass is 10.0. The number of aliphatic hydroxyl groups is 3. The summed E-state index contributed by atoms with van der Waals surface area (Å²) < 4.78 is 0. The Kier molecular flexibility index (Phi) is 58.4. The molecule has 0 aliphatic carbocycles. The van der Waals surface area contributed by atoms with E-state index < -0.39 is 18.2 Å². The molecule has 3 atom stereocenters. The molecule has 0 saturated carbocycles. The highest BCUT2D eigenvalue weighted by atomic mass is 16.3. The third-order valence-corrected chi connectivity index (χ3v) is 14.6. The predicted octanol–water partition coefficient (Wildman–Crippen LogP) is 20.0. The van der Waals surface area contributed by atoms with Crippen LogP contribution in [0, 0.1) is 0 Å². The summed E-state index contributed by atoms with van der Waals surface area (Å²) in [6, 6.07) is -0.763. The van der Waals surface area contributed by atoms with Crippen LogP contribution in [0.1, 0.15) is 335 Å². The van der Waals surface area contributed by atoms with Gasteiger partial charge in [0.25, 0.3) is 0 Å². The SMILES string of the molecule is CCCCCCCCCCCCC/C=C\C/C=C\CCCCCCCCCCCCCCCCCC(O)CC(=O)NC(CO)C(O)/C=C/CC/C=C/CCCCCCCCCCCCCCCCCC. The fourth-order valence-corrected chi connectivity index (χ4v) is 9.80. The molecule has 3 unspecified atom stereocenters. The number of aliphatic hydroxyl groups excluding tert-OH is 3. The van der Waals surface area contributed by atoms with Crippen molar-refractivity contribution in [2.45, 2.75) is 353 Å². The molecule has 0 aromatic heterocycles. The van der Waals surface area contributed by atoms with E-state index in [0.717, 1.165) is 38.5 Å². The van der Waals surface area contributed by atoms with Crippen LogP contribution in [0.2, 0.25) is 0 Å². The first kappa shape index (κ1) is 68.3. The lowest BCUT2D eigenvalue weighted by molar-refractivity contribution is -0.124. The Labute approximate surface area is 437 Å². The van der Waals surface area contributed by atoms with Gasteiger partial charge in [-0.05, 0) is 64.2 Å². The van der Waals surface area contributed by atoms with E-state index in [-0.39, 0.29) is 18.9 Å². The Hall–Kier alpha value is -1.69. The number of allylic oxidation sites excluding steroid dienone is 7. The van der Waals surface area contributed by atoms with Gasteiger partial charge in [-0.3, -0.25) is 4.79 Å². The first-order valence-corrected chi connectivity index (χ1v) is 31.4. The van der Waals surface area contributed by atoms with Gasteiger partial charge in [0.05, 0.1) is 31.3 Å². The molecule has 0 rings (SSSR count). The summed E-state index contributed by atoms with van der Waals surface area (Å²) in [5, 5.41) is 33.5. The van der Waals surface area contributed by atoms with E-state index >= 15 is 0 Å². The standard InChI is InChI=1S/C65H123NO4/c1-3-5-7-9-11-13-15-17-19-21-23-25-27-28-29-30-31-32-33-34-35-36-37-38-40-42-44-46-48-50-52-54-56-58-62(68)60-65(70)66-63(61-67)64(69)59-57-55-53-51-49-47-45-43-41-39-26-24-22-20-18-16-14-12-10-8-6-4-2/h27-28,30-31,49,51,57,59,62-64,67-69H,3-26,29,32-48,50,52-56,58,60-61H2,1-2H3,(H,66,70)/b28-27-,31-30-,51-49+,59-57+. The molecule has 0 aliphatic heterocycles. The van der Waals surface area contributed by atoms with Crippen LogP contribution in [-0.4, -0.2) is 46.1 Å². The van der Waals surface area contributed by atoms with Gasteiger partial charge < -0.3 is 20.6 Å². The molecule has 4 N–H and O–H groups in total.